The van der Waals surface area contributed by atoms with E-state index in [1.165, 1.54) is 0 Å². The molecule has 0 fully saturated rings. The van der Waals surface area contributed by atoms with Crippen LogP contribution in [-0.2, 0) is 11.3 Å². The van der Waals surface area contributed by atoms with Crippen molar-refractivity contribution in [2.45, 2.75) is 6.54 Å². The van der Waals surface area contributed by atoms with E-state index in [-0.39, 0.29) is 0 Å². The first-order chi connectivity index (χ1) is 12.3. The molecular formula is C19H16N4O2. The number of carbonyl (C=O) groups is 1. The molecule has 0 saturated carbocycles. The molecule has 4 rings (SSSR count). The Morgan fingerprint density at radius 1 is 1.20 bits per heavy atom. The van der Waals surface area contributed by atoms with Crippen LogP contribution >= 0.6 is 0 Å². The van der Waals surface area contributed by atoms with Crippen molar-refractivity contribution in [2.75, 3.05) is 17.3 Å². The molecule has 6 nitrogen and oxygen atoms in total. The lowest BCUT2D eigenvalue weighted by Crippen LogP contribution is -2.19. The number of hydrogen-bond acceptors (Lipinski definition) is 5. The van der Waals surface area contributed by atoms with Gasteiger partial charge >= 0.3 is 0 Å². The Hall–Kier alpha value is -3.41. The van der Waals surface area contributed by atoms with E-state index in [0.717, 1.165) is 40.3 Å². The van der Waals surface area contributed by atoms with Gasteiger partial charge < -0.3 is 15.0 Å². The number of nitrogens with one attached hydrogen (secondary N) is 1. The molecule has 2 aromatic heterocycles. The monoisotopic (exact) mass is 332 g/mol. The molecule has 0 unspecified atom stereocenters. The molecule has 3 aromatic rings. The molecule has 124 valence electrons. The highest BCUT2D eigenvalue weighted by Crippen LogP contribution is 2.37. The average molecular weight is 332 g/mol. The number of fused-ring (bicyclic) bond motifs is 2. The predicted molar refractivity (Wildman–Crippen MR) is 96.0 cm³/mol. The van der Waals surface area contributed by atoms with Crippen LogP contribution in [0.3, 0.4) is 0 Å². The van der Waals surface area contributed by atoms with Crippen LogP contribution in [0.2, 0.25) is 0 Å². The van der Waals surface area contributed by atoms with Crippen LogP contribution in [0, 0.1) is 0 Å². The van der Waals surface area contributed by atoms with Crippen LogP contribution in [0.25, 0.3) is 11.1 Å². The molecule has 1 aliphatic rings. The van der Waals surface area contributed by atoms with Crippen LogP contribution in [0.15, 0.2) is 55.0 Å². The average Bonchev–Trinajstić information content (AvgIpc) is 2.83. The first-order valence-electron chi connectivity index (χ1n) is 7.85. The topological polar surface area (TPSA) is 67.3 Å². The van der Waals surface area contributed by atoms with Gasteiger partial charge in [0.2, 0.25) is 6.41 Å². The Morgan fingerprint density at radius 3 is 2.96 bits per heavy atom. The molecule has 1 aromatic carbocycles. The Kier molecular flexibility index (Phi) is 3.78. The number of nitrogens with zero attached hydrogens (tertiary/aromatic N) is 3. The third kappa shape index (κ3) is 2.78. The maximum atomic E-state index is 11.7. The minimum atomic E-state index is 0.465. The van der Waals surface area contributed by atoms with Gasteiger partial charge in [-0.25, -0.2) is 4.98 Å². The number of aromatic nitrogens is 2. The number of rotatable bonds is 3. The molecule has 1 N–H and O–H groups in total. The second-order valence-electron chi connectivity index (χ2n) is 5.71. The maximum Gasteiger partial charge on any atom is 0.214 e. The molecule has 6 heteroatoms. The number of methoxy groups -OCH3 is 1. The van der Waals surface area contributed by atoms with Crippen LogP contribution in [0.5, 0.6) is 5.75 Å². The fourth-order valence-corrected chi connectivity index (χ4v) is 2.91. The van der Waals surface area contributed by atoms with Gasteiger partial charge in [0.25, 0.3) is 0 Å². The van der Waals surface area contributed by atoms with Crippen molar-refractivity contribution < 1.29 is 9.53 Å². The van der Waals surface area contributed by atoms with Crippen LogP contribution in [0.1, 0.15) is 5.56 Å². The Balaban J connectivity index is 1.80. The smallest absolute Gasteiger partial charge is 0.214 e. The zero-order chi connectivity index (χ0) is 17.2. The van der Waals surface area contributed by atoms with Crippen molar-refractivity contribution in [1.82, 2.24) is 9.97 Å². The highest BCUT2D eigenvalue weighted by molar-refractivity contribution is 5.90. The van der Waals surface area contributed by atoms with E-state index in [0.29, 0.717) is 12.3 Å². The lowest BCUT2D eigenvalue weighted by molar-refractivity contribution is -0.107. The minimum Gasteiger partial charge on any atom is -0.495 e. The van der Waals surface area contributed by atoms with Crippen molar-refractivity contribution >= 4 is 23.6 Å². The van der Waals surface area contributed by atoms with Gasteiger partial charge in [0.15, 0.2) is 0 Å². The van der Waals surface area contributed by atoms with E-state index in [2.05, 4.69) is 15.3 Å². The van der Waals surface area contributed by atoms with Crippen molar-refractivity contribution in [3.8, 4) is 16.9 Å². The normalized spacial score (nSPS) is 12.4. The lowest BCUT2D eigenvalue weighted by atomic mass is 10.1. The van der Waals surface area contributed by atoms with Gasteiger partial charge in [0.1, 0.15) is 11.6 Å². The third-order valence-corrected chi connectivity index (χ3v) is 4.20. The summed E-state index contributed by atoms with van der Waals surface area (Å²) in [6.07, 6.45) is 6.01. The number of anilines is 3. The Morgan fingerprint density at radius 2 is 2.12 bits per heavy atom. The molecular weight excluding hydrogens is 316 g/mol. The summed E-state index contributed by atoms with van der Waals surface area (Å²) in [5, 5.41) is 3.32. The predicted octanol–water partition coefficient (Wildman–Crippen LogP) is 3.37. The van der Waals surface area contributed by atoms with Crippen molar-refractivity contribution in [3.63, 3.8) is 0 Å². The molecule has 0 aliphatic carbocycles. The standard InChI is InChI=1S/C19H16N4O2/c1-25-16-7-15(9-20-10-16)13-4-5-17-18(8-13)23(12-24)11-14-3-2-6-21-19(14)22-17/h2-10,12H,11H2,1H3,(H,21,22). The van der Waals surface area contributed by atoms with Crippen molar-refractivity contribution in [2.24, 2.45) is 0 Å². The van der Waals surface area contributed by atoms with E-state index >= 15 is 0 Å². The molecule has 0 radical (unpaired) electrons. The van der Waals surface area contributed by atoms with E-state index < -0.39 is 0 Å². The summed E-state index contributed by atoms with van der Waals surface area (Å²) in [5.74, 6) is 1.46. The number of amides is 1. The molecule has 0 bridgehead atoms. The first kappa shape index (κ1) is 15.1. The molecule has 1 aliphatic heterocycles. The zero-order valence-corrected chi connectivity index (χ0v) is 13.6. The summed E-state index contributed by atoms with van der Waals surface area (Å²) in [6, 6.07) is 11.7. The fourth-order valence-electron chi connectivity index (χ4n) is 2.91. The van der Waals surface area contributed by atoms with Gasteiger partial charge in [-0.2, -0.15) is 0 Å². The second kappa shape index (κ2) is 6.24. The number of carbonyl (C=O) groups excluding carboxylic acids is 1. The zero-order valence-electron chi connectivity index (χ0n) is 13.6. The first-order valence-corrected chi connectivity index (χ1v) is 7.85. The van der Waals surface area contributed by atoms with Crippen LogP contribution in [-0.4, -0.2) is 23.5 Å². The van der Waals surface area contributed by atoms with Gasteiger partial charge in [-0.1, -0.05) is 12.1 Å². The lowest BCUT2D eigenvalue weighted by Gasteiger charge is -2.18. The Labute approximate surface area is 145 Å². The fraction of sp³-hybridized carbons (Fsp3) is 0.105. The van der Waals surface area contributed by atoms with Crippen LogP contribution < -0.4 is 15.0 Å². The molecule has 1 amide bonds. The van der Waals surface area contributed by atoms with Crippen molar-refractivity contribution in [1.29, 1.82) is 0 Å². The summed E-state index contributed by atoms with van der Waals surface area (Å²) in [5.41, 5.74) is 4.48. The number of ether oxygens (including phenoxy) is 1. The molecule has 0 atom stereocenters. The van der Waals surface area contributed by atoms with Gasteiger partial charge in [0.05, 0.1) is 31.2 Å². The summed E-state index contributed by atoms with van der Waals surface area (Å²) in [4.78, 5) is 21.9. The molecule has 0 spiro atoms. The largest absolute Gasteiger partial charge is 0.495 e. The summed E-state index contributed by atoms with van der Waals surface area (Å²) >= 11 is 0. The third-order valence-electron chi connectivity index (χ3n) is 4.20. The van der Waals surface area contributed by atoms with E-state index in [1.807, 2.05) is 36.4 Å². The van der Waals surface area contributed by atoms with Crippen LogP contribution in [0.4, 0.5) is 17.2 Å². The molecule has 25 heavy (non-hydrogen) atoms. The highest BCUT2D eigenvalue weighted by Gasteiger charge is 2.20. The van der Waals surface area contributed by atoms with Gasteiger partial charge in [-0.05, 0) is 29.8 Å². The SMILES string of the molecule is COc1cncc(-c2ccc3c(c2)N(C=O)Cc2cccnc2N3)c1. The van der Waals surface area contributed by atoms with E-state index in [9.17, 15) is 4.79 Å². The number of pyridine rings is 2. The molecule has 0 saturated heterocycles. The summed E-state index contributed by atoms with van der Waals surface area (Å²) in [6.45, 7) is 0.465. The molecule has 3 heterocycles. The van der Waals surface area contributed by atoms with Gasteiger partial charge in [0, 0.05) is 23.5 Å². The number of hydrogen-bond donors (Lipinski definition) is 1. The second-order valence-corrected chi connectivity index (χ2v) is 5.71. The quantitative estimate of drug-likeness (QED) is 0.745. The Bertz CT molecular complexity index is 942. The maximum absolute atomic E-state index is 11.7. The summed E-state index contributed by atoms with van der Waals surface area (Å²) in [7, 11) is 1.61. The van der Waals surface area contributed by atoms with Crippen molar-refractivity contribution in [3.05, 3.63) is 60.6 Å². The minimum absolute atomic E-state index is 0.465. The van der Waals surface area contributed by atoms with E-state index in [1.54, 1.807) is 30.6 Å². The summed E-state index contributed by atoms with van der Waals surface area (Å²) < 4.78 is 5.24. The van der Waals surface area contributed by atoms with E-state index in [4.69, 9.17) is 4.74 Å². The van der Waals surface area contributed by atoms with Gasteiger partial charge in [-0.15, -0.1) is 0 Å². The van der Waals surface area contributed by atoms with Gasteiger partial charge in [-0.3, -0.25) is 9.78 Å². The number of benzene rings is 1. The highest BCUT2D eigenvalue weighted by atomic mass is 16.5.